The maximum atomic E-state index is 11.3. The van der Waals surface area contributed by atoms with Crippen molar-refractivity contribution in [2.45, 2.75) is 51.5 Å². The molecule has 0 bridgehead atoms. The molecular weight excluding hydrogens is 250 g/mol. The van der Waals surface area contributed by atoms with Gasteiger partial charge in [0.15, 0.2) is 0 Å². The molecule has 1 N–H and O–H groups in total. The molecule has 2 heterocycles. The first kappa shape index (κ1) is 13.3. The Labute approximate surface area is 111 Å². The zero-order chi connectivity index (χ0) is 13.0. The van der Waals surface area contributed by atoms with Gasteiger partial charge in [0.2, 0.25) is 5.13 Å². The molecule has 1 atom stereocenters. The van der Waals surface area contributed by atoms with Gasteiger partial charge in [0.05, 0.1) is 0 Å². The zero-order valence-corrected chi connectivity index (χ0v) is 11.4. The fraction of sp³-hybridized carbons (Fsp3) is 0.750. The summed E-state index contributed by atoms with van der Waals surface area (Å²) in [5, 5.41) is 10.1. The van der Waals surface area contributed by atoms with Crippen molar-refractivity contribution in [1.82, 2.24) is 9.36 Å². The predicted octanol–water partition coefficient (Wildman–Crippen LogP) is 2.32. The van der Waals surface area contributed by atoms with Crippen LogP contribution < -0.4 is 4.90 Å². The minimum atomic E-state index is -0.746. The molecule has 18 heavy (non-hydrogen) atoms. The highest BCUT2D eigenvalue weighted by Crippen LogP contribution is 2.26. The Morgan fingerprint density at radius 3 is 3.06 bits per heavy atom. The standard InChI is InChI=1S/C12H19N3O2S/c1-2-6-10-13-12(18-14-10)15-8-5-3-4-7-9(15)11(16)17/h9H,2-8H2,1H3,(H,16,17). The number of aryl methyl sites for hydroxylation is 1. The smallest absolute Gasteiger partial charge is 0.326 e. The zero-order valence-electron chi connectivity index (χ0n) is 10.6. The molecule has 1 saturated heterocycles. The normalized spacial score (nSPS) is 20.7. The SMILES string of the molecule is CCCc1nsc(N2CCCCCC2C(=O)O)n1. The van der Waals surface area contributed by atoms with Crippen LogP contribution >= 0.6 is 11.5 Å². The minimum absolute atomic E-state index is 0.435. The average Bonchev–Trinajstić information content (AvgIpc) is 2.65. The molecule has 0 radical (unpaired) electrons. The first-order valence-corrected chi connectivity index (χ1v) is 7.31. The average molecular weight is 269 g/mol. The van der Waals surface area contributed by atoms with Crippen molar-refractivity contribution in [3.8, 4) is 0 Å². The molecule has 0 saturated carbocycles. The molecule has 1 unspecified atom stereocenters. The highest BCUT2D eigenvalue weighted by molar-refractivity contribution is 7.09. The molecular formula is C12H19N3O2S. The third kappa shape index (κ3) is 2.98. The number of hydrogen-bond acceptors (Lipinski definition) is 5. The Morgan fingerprint density at radius 2 is 2.33 bits per heavy atom. The highest BCUT2D eigenvalue weighted by Gasteiger charge is 2.29. The summed E-state index contributed by atoms with van der Waals surface area (Å²) in [5.41, 5.74) is 0. The fourth-order valence-corrected chi connectivity index (χ4v) is 3.07. The van der Waals surface area contributed by atoms with Gasteiger partial charge in [0.1, 0.15) is 11.9 Å². The molecule has 6 heteroatoms. The van der Waals surface area contributed by atoms with E-state index < -0.39 is 12.0 Å². The summed E-state index contributed by atoms with van der Waals surface area (Å²) >= 11 is 1.33. The van der Waals surface area contributed by atoms with Crippen molar-refractivity contribution in [3.05, 3.63) is 5.82 Å². The third-order valence-electron chi connectivity index (χ3n) is 3.21. The van der Waals surface area contributed by atoms with Crippen molar-refractivity contribution in [1.29, 1.82) is 0 Å². The summed E-state index contributed by atoms with van der Waals surface area (Å²) in [6.07, 6.45) is 5.69. The number of carbonyl (C=O) groups is 1. The van der Waals surface area contributed by atoms with Gasteiger partial charge in [-0.3, -0.25) is 0 Å². The van der Waals surface area contributed by atoms with Crippen LogP contribution in [0.15, 0.2) is 0 Å². The van der Waals surface area contributed by atoms with Gasteiger partial charge in [-0.1, -0.05) is 19.8 Å². The van der Waals surface area contributed by atoms with Gasteiger partial charge in [-0.15, -0.1) is 0 Å². The van der Waals surface area contributed by atoms with E-state index in [1.54, 1.807) is 0 Å². The molecule has 5 nitrogen and oxygen atoms in total. The number of hydrogen-bond donors (Lipinski definition) is 1. The van der Waals surface area contributed by atoms with Crippen LogP contribution in [0.4, 0.5) is 5.13 Å². The van der Waals surface area contributed by atoms with Crippen LogP contribution in [0.5, 0.6) is 0 Å². The van der Waals surface area contributed by atoms with E-state index in [1.807, 2.05) is 4.90 Å². The van der Waals surface area contributed by atoms with Crippen molar-refractivity contribution in [2.24, 2.45) is 0 Å². The molecule has 1 fully saturated rings. The summed E-state index contributed by atoms with van der Waals surface area (Å²) in [5.74, 6) is 0.0926. The van der Waals surface area contributed by atoms with Crippen LogP contribution in [-0.2, 0) is 11.2 Å². The maximum absolute atomic E-state index is 11.3. The van der Waals surface area contributed by atoms with E-state index >= 15 is 0 Å². The number of anilines is 1. The molecule has 0 amide bonds. The van der Waals surface area contributed by atoms with Gasteiger partial charge in [-0.2, -0.15) is 4.37 Å². The van der Waals surface area contributed by atoms with E-state index in [4.69, 9.17) is 0 Å². The van der Waals surface area contributed by atoms with Crippen LogP contribution in [0.3, 0.4) is 0 Å². The number of rotatable bonds is 4. The van der Waals surface area contributed by atoms with Gasteiger partial charge in [-0.05, 0) is 19.3 Å². The maximum Gasteiger partial charge on any atom is 0.326 e. The highest BCUT2D eigenvalue weighted by atomic mass is 32.1. The first-order chi connectivity index (χ1) is 8.72. The Morgan fingerprint density at radius 1 is 1.50 bits per heavy atom. The lowest BCUT2D eigenvalue weighted by Crippen LogP contribution is -2.40. The second-order valence-corrected chi connectivity index (χ2v) is 5.37. The number of aromatic nitrogens is 2. The Bertz CT molecular complexity index is 408. The third-order valence-corrected chi connectivity index (χ3v) is 4.01. The Kier molecular flexibility index (Phi) is 4.52. The van der Waals surface area contributed by atoms with Crippen LogP contribution in [0.25, 0.3) is 0 Å². The van der Waals surface area contributed by atoms with Crippen LogP contribution in [0.2, 0.25) is 0 Å². The Hall–Kier alpha value is -1.17. The molecule has 100 valence electrons. The van der Waals surface area contributed by atoms with Crippen LogP contribution in [-0.4, -0.2) is 33.0 Å². The van der Waals surface area contributed by atoms with Gasteiger partial charge in [-0.25, -0.2) is 9.78 Å². The largest absolute Gasteiger partial charge is 0.480 e. The van der Waals surface area contributed by atoms with E-state index in [2.05, 4.69) is 16.3 Å². The fourth-order valence-electron chi connectivity index (χ4n) is 2.28. The molecule has 0 aliphatic carbocycles. The summed E-state index contributed by atoms with van der Waals surface area (Å²) in [7, 11) is 0. The Balaban J connectivity index is 2.17. The molecule has 1 aromatic rings. The van der Waals surface area contributed by atoms with Crippen molar-refractivity contribution in [2.75, 3.05) is 11.4 Å². The van der Waals surface area contributed by atoms with Gasteiger partial charge in [0.25, 0.3) is 0 Å². The van der Waals surface area contributed by atoms with Crippen molar-refractivity contribution >= 4 is 22.6 Å². The number of carboxylic acid groups (broad SMARTS) is 1. The molecule has 2 rings (SSSR count). The number of carboxylic acids is 1. The van der Waals surface area contributed by atoms with E-state index in [1.165, 1.54) is 11.5 Å². The second kappa shape index (κ2) is 6.13. The van der Waals surface area contributed by atoms with Gasteiger partial charge >= 0.3 is 5.97 Å². The second-order valence-electron chi connectivity index (χ2n) is 4.64. The summed E-state index contributed by atoms with van der Waals surface area (Å²) in [4.78, 5) is 17.7. The minimum Gasteiger partial charge on any atom is -0.480 e. The van der Waals surface area contributed by atoms with E-state index in [-0.39, 0.29) is 0 Å². The van der Waals surface area contributed by atoms with E-state index in [0.29, 0.717) is 6.42 Å². The molecule has 0 spiro atoms. The number of nitrogens with zero attached hydrogens (tertiary/aromatic N) is 3. The van der Waals surface area contributed by atoms with Crippen LogP contribution in [0, 0.1) is 0 Å². The molecule has 0 aromatic carbocycles. The van der Waals surface area contributed by atoms with Crippen LogP contribution in [0.1, 0.15) is 44.9 Å². The molecule has 1 aliphatic heterocycles. The summed E-state index contributed by atoms with van der Waals surface area (Å²) in [6, 6.07) is -0.435. The lowest BCUT2D eigenvalue weighted by molar-refractivity contribution is -0.138. The lowest BCUT2D eigenvalue weighted by atomic mass is 10.1. The predicted molar refractivity (Wildman–Crippen MR) is 71.1 cm³/mol. The monoisotopic (exact) mass is 269 g/mol. The first-order valence-electron chi connectivity index (χ1n) is 6.54. The van der Waals surface area contributed by atoms with Gasteiger partial charge < -0.3 is 10.0 Å². The van der Waals surface area contributed by atoms with Crippen molar-refractivity contribution in [3.63, 3.8) is 0 Å². The molecule has 1 aliphatic rings. The lowest BCUT2D eigenvalue weighted by Gasteiger charge is -2.25. The number of aliphatic carboxylic acids is 1. The summed E-state index contributed by atoms with van der Waals surface area (Å²) < 4.78 is 4.30. The van der Waals surface area contributed by atoms with E-state index in [9.17, 15) is 9.90 Å². The van der Waals surface area contributed by atoms with Gasteiger partial charge in [0, 0.05) is 24.5 Å². The van der Waals surface area contributed by atoms with Crippen molar-refractivity contribution < 1.29 is 9.90 Å². The molecule has 1 aromatic heterocycles. The van der Waals surface area contributed by atoms with E-state index in [0.717, 1.165) is 49.6 Å². The quantitative estimate of drug-likeness (QED) is 0.908. The summed E-state index contributed by atoms with van der Waals surface area (Å²) in [6.45, 7) is 2.87. The topological polar surface area (TPSA) is 66.3 Å².